The minimum absolute atomic E-state index is 0.0375. The van der Waals surface area contributed by atoms with Gasteiger partial charge < -0.3 is 15.0 Å². The number of nitrogens with zero attached hydrogens (tertiary/aromatic N) is 4. The van der Waals surface area contributed by atoms with Gasteiger partial charge in [-0.05, 0) is 25.1 Å². The van der Waals surface area contributed by atoms with Gasteiger partial charge in [-0.2, -0.15) is 5.26 Å². The summed E-state index contributed by atoms with van der Waals surface area (Å²) < 4.78 is 5.19. The number of ether oxygens (including phenoxy) is 1. The number of likely N-dealkylation sites (N-methyl/N-ethyl adjacent to an activating group) is 1. The molecule has 1 aromatic carbocycles. The third-order valence-corrected chi connectivity index (χ3v) is 3.58. The first kappa shape index (κ1) is 18.7. The lowest BCUT2D eigenvalue weighted by molar-refractivity contribution is -0.385. The topological polar surface area (TPSA) is 121 Å². The number of methoxy groups -OCH3 is 1. The molecule has 0 fully saturated rings. The summed E-state index contributed by atoms with van der Waals surface area (Å²) in [6.07, 6.45) is 0. The molecule has 0 unspecified atom stereocenters. The van der Waals surface area contributed by atoms with E-state index in [1.807, 2.05) is 6.92 Å². The van der Waals surface area contributed by atoms with Crippen LogP contribution in [0.4, 0.5) is 17.2 Å². The highest BCUT2D eigenvalue weighted by Gasteiger charge is 2.19. The standard InChI is InChI=1S/C17H17N5O4/c1-3-21(16-9-8-14(22(24)25)13(10-18)19-16)11-17(23)20-12-6-4-5-7-15(12)26-2/h4-9H,3,11H2,1-2H3,(H,20,23). The number of anilines is 2. The van der Waals surface area contributed by atoms with Crippen molar-refractivity contribution in [1.29, 1.82) is 5.26 Å². The highest BCUT2D eigenvalue weighted by molar-refractivity contribution is 5.95. The molecule has 1 N–H and O–H groups in total. The first-order chi connectivity index (χ1) is 12.5. The zero-order valence-electron chi connectivity index (χ0n) is 14.3. The molecule has 1 amide bonds. The number of aromatic nitrogens is 1. The Kier molecular flexibility index (Phi) is 6.06. The van der Waals surface area contributed by atoms with Crippen molar-refractivity contribution < 1.29 is 14.5 Å². The van der Waals surface area contributed by atoms with Crippen molar-refractivity contribution in [1.82, 2.24) is 4.98 Å². The number of nitrogens with one attached hydrogen (secondary N) is 1. The SMILES string of the molecule is CCN(CC(=O)Nc1ccccc1OC)c1ccc([N+](=O)[O-])c(C#N)n1. The average Bonchev–Trinajstić information content (AvgIpc) is 2.65. The first-order valence-electron chi connectivity index (χ1n) is 7.73. The number of amides is 1. The Balaban J connectivity index is 2.17. The molecule has 0 aliphatic carbocycles. The van der Waals surface area contributed by atoms with Gasteiger partial charge in [-0.25, -0.2) is 4.98 Å². The lowest BCUT2D eigenvalue weighted by Crippen LogP contribution is -2.33. The number of nitro groups is 1. The molecule has 1 heterocycles. The van der Waals surface area contributed by atoms with Gasteiger partial charge in [0.2, 0.25) is 11.6 Å². The second-order valence-electron chi connectivity index (χ2n) is 5.17. The highest BCUT2D eigenvalue weighted by Crippen LogP contribution is 2.24. The fourth-order valence-corrected chi connectivity index (χ4v) is 2.31. The predicted molar refractivity (Wildman–Crippen MR) is 95.1 cm³/mol. The molecule has 0 bridgehead atoms. The van der Waals surface area contributed by atoms with E-state index in [2.05, 4.69) is 10.3 Å². The molecule has 26 heavy (non-hydrogen) atoms. The van der Waals surface area contributed by atoms with E-state index in [0.717, 1.165) is 0 Å². The number of nitriles is 1. The van der Waals surface area contributed by atoms with Crippen molar-refractivity contribution in [2.45, 2.75) is 6.92 Å². The van der Waals surface area contributed by atoms with E-state index in [1.165, 1.54) is 19.2 Å². The average molecular weight is 355 g/mol. The largest absolute Gasteiger partial charge is 0.495 e. The zero-order chi connectivity index (χ0) is 19.1. The zero-order valence-corrected chi connectivity index (χ0v) is 14.3. The number of hydrogen-bond acceptors (Lipinski definition) is 7. The molecule has 0 aliphatic rings. The van der Waals surface area contributed by atoms with Gasteiger partial charge in [0.1, 0.15) is 17.6 Å². The van der Waals surface area contributed by atoms with Crippen molar-refractivity contribution in [3.63, 3.8) is 0 Å². The van der Waals surface area contributed by atoms with E-state index >= 15 is 0 Å². The number of para-hydroxylation sites is 2. The molecule has 0 spiro atoms. The lowest BCUT2D eigenvalue weighted by atomic mass is 10.2. The smallest absolute Gasteiger partial charge is 0.305 e. The summed E-state index contributed by atoms with van der Waals surface area (Å²) in [6.45, 7) is 2.20. The third-order valence-electron chi connectivity index (χ3n) is 3.58. The number of carbonyl (C=O) groups excluding carboxylic acids is 1. The summed E-state index contributed by atoms with van der Waals surface area (Å²) in [4.78, 5) is 28.2. The number of hydrogen-bond donors (Lipinski definition) is 1. The Morgan fingerprint density at radius 1 is 1.38 bits per heavy atom. The molecule has 2 rings (SSSR count). The van der Waals surface area contributed by atoms with Crippen LogP contribution in [0.1, 0.15) is 12.6 Å². The minimum Gasteiger partial charge on any atom is -0.495 e. The van der Waals surface area contributed by atoms with Crippen molar-refractivity contribution in [2.24, 2.45) is 0 Å². The highest BCUT2D eigenvalue weighted by atomic mass is 16.6. The van der Waals surface area contributed by atoms with Gasteiger partial charge in [0.15, 0.2) is 0 Å². The van der Waals surface area contributed by atoms with Crippen LogP contribution in [0.5, 0.6) is 5.75 Å². The Morgan fingerprint density at radius 2 is 2.12 bits per heavy atom. The molecule has 0 atom stereocenters. The summed E-state index contributed by atoms with van der Waals surface area (Å²) in [6, 6.07) is 11.3. The van der Waals surface area contributed by atoms with Gasteiger partial charge in [0.25, 0.3) is 0 Å². The quantitative estimate of drug-likeness (QED) is 0.597. The minimum atomic E-state index is -0.667. The van der Waals surface area contributed by atoms with Gasteiger partial charge in [-0.15, -0.1) is 0 Å². The Bertz CT molecular complexity index is 862. The maximum absolute atomic E-state index is 12.3. The maximum atomic E-state index is 12.3. The van der Waals surface area contributed by atoms with Crippen LogP contribution >= 0.6 is 0 Å². The molecular formula is C17H17N5O4. The molecule has 0 saturated heterocycles. The fraction of sp³-hybridized carbons (Fsp3) is 0.235. The summed E-state index contributed by atoms with van der Waals surface area (Å²) in [5.74, 6) is 0.531. The molecule has 2 aromatic rings. The van der Waals surface area contributed by atoms with Crippen molar-refractivity contribution in [2.75, 3.05) is 30.4 Å². The van der Waals surface area contributed by atoms with Crippen LogP contribution < -0.4 is 15.0 Å². The van der Waals surface area contributed by atoms with Crippen LogP contribution in [0.25, 0.3) is 0 Å². The van der Waals surface area contributed by atoms with Crippen LogP contribution in [-0.4, -0.2) is 36.0 Å². The van der Waals surface area contributed by atoms with Crippen LogP contribution in [0.15, 0.2) is 36.4 Å². The molecule has 0 saturated carbocycles. The molecule has 9 nitrogen and oxygen atoms in total. The number of carbonyl (C=O) groups is 1. The van der Waals surface area contributed by atoms with E-state index in [9.17, 15) is 14.9 Å². The van der Waals surface area contributed by atoms with Gasteiger partial charge in [0, 0.05) is 12.6 Å². The van der Waals surface area contributed by atoms with Gasteiger partial charge in [-0.1, -0.05) is 12.1 Å². The van der Waals surface area contributed by atoms with Gasteiger partial charge in [0.05, 0.1) is 24.3 Å². The van der Waals surface area contributed by atoms with E-state index in [4.69, 9.17) is 10.00 Å². The molecular weight excluding hydrogens is 338 g/mol. The molecule has 9 heteroatoms. The van der Waals surface area contributed by atoms with Gasteiger partial charge >= 0.3 is 5.69 Å². The van der Waals surface area contributed by atoms with E-state index in [1.54, 1.807) is 35.2 Å². The predicted octanol–water partition coefficient (Wildman–Crippen LogP) is 2.34. The van der Waals surface area contributed by atoms with E-state index in [-0.39, 0.29) is 23.8 Å². The summed E-state index contributed by atoms with van der Waals surface area (Å²) in [5.41, 5.74) is -0.132. The van der Waals surface area contributed by atoms with Crippen LogP contribution in [0.2, 0.25) is 0 Å². The molecule has 0 aliphatic heterocycles. The Hall–Kier alpha value is -3.67. The maximum Gasteiger partial charge on any atom is 0.305 e. The monoisotopic (exact) mass is 355 g/mol. The molecule has 0 radical (unpaired) electrons. The fourth-order valence-electron chi connectivity index (χ4n) is 2.31. The van der Waals surface area contributed by atoms with Crippen molar-refractivity contribution in [3.8, 4) is 11.8 Å². The number of rotatable bonds is 7. The number of pyridine rings is 1. The Morgan fingerprint density at radius 3 is 2.73 bits per heavy atom. The molecule has 1 aromatic heterocycles. The summed E-state index contributed by atoms with van der Waals surface area (Å²) in [5, 5.41) is 22.7. The first-order valence-corrected chi connectivity index (χ1v) is 7.73. The van der Waals surface area contributed by atoms with E-state index < -0.39 is 4.92 Å². The second-order valence-corrected chi connectivity index (χ2v) is 5.17. The summed E-state index contributed by atoms with van der Waals surface area (Å²) >= 11 is 0. The molecule has 134 valence electrons. The van der Waals surface area contributed by atoms with Crippen LogP contribution in [0, 0.1) is 21.4 Å². The van der Waals surface area contributed by atoms with Gasteiger partial charge in [-0.3, -0.25) is 14.9 Å². The Labute approximate surface area is 150 Å². The number of benzene rings is 1. The van der Waals surface area contributed by atoms with E-state index in [0.29, 0.717) is 23.8 Å². The van der Waals surface area contributed by atoms with Crippen LogP contribution in [0.3, 0.4) is 0 Å². The van der Waals surface area contributed by atoms with Crippen molar-refractivity contribution >= 4 is 23.1 Å². The van der Waals surface area contributed by atoms with Crippen LogP contribution in [-0.2, 0) is 4.79 Å². The summed E-state index contributed by atoms with van der Waals surface area (Å²) in [7, 11) is 1.51. The third kappa shape index (κ3) is 4.24. The second kappa shape index (κ2) is 8.43. The normalized spacial score (nSPS) is 9.88. The lowest BCUT2D eigenvalue weighted by Gasteiger charge is -2.21. The van der Waals surface area contributed by atoms with Crippen molar-refractivity contribution in [3.05, 3.63) is 52.2 Å².